The maximum Gasteiger partial charge on any atom is 0.330 e. The lowest BCUT2D eigenvalue weighted by Crippen LogP contribution is -2.45. The minimum atomic E-state index is -0.796. The van der Waals surface area contributed by atoms with Gasteiger partial charge in [-0.2, -0.15) is 0 Å². The van der Waals surface area contributed by atoms with Crippen LogP contribution in [0.5, 0.6) is 0 Å². The maximum absolute atomic E-state index is 11.7. The standard InChI is InChI=1S/C11H14BrNO2.ClH/c1-11(13-2,10(14)15-3)8-4-6-9(12)7-5-8;/h4-7,13H,1-3H3;1H. The summed E-state index contributed by atoms with van der Waals surface area (Å²) in [6, 6.07) is 7.57. The van der Waals surface area contributed by atoms with E-state index in [-0.39, 0.29) is 18.4 Å². The van der Waals surface area contributed by atoms with Crippen molar-refractivity contribution >= 4 is 34.3 Å². The summed E-state index contributed by atoms with van der Waals surface area (Å²) >= 11 is 3.35. The Balaban J connectivity index is 0.00000225. The molecule has 0 aliphatic heterocycles. The molecule has 0 bridgehead atoms. The van der Waals surface area contributed by atoms with Gasteiger partial charge in [-0.1, -0.05) is 28.1 Å². The number of esters is 1. The summed E-state index contributed by atoms with van der Waals surface area (Å²) in [7, 11) is 3.12. The van der Waals surface area contributed by atoms with Crippen molar-refractivity contribution < 1.29 is 9.53 Å². The first-order valence-corrected chi connectivity index (χ1v) is 5.37. The highest BCUT2D eigenvalue weighted by Gasteiger charge is 2.34. The van der Waals surface area contributed by atoms with Crippen molar-refractivity contribution in [2.75, 3.05) is 14.2 Å². The van der Waals surface area contributed by atoms with Crippen molar-refractivity contribution in [2.24, 2.45) is 0 Å². The predicted octanol–water partition coefficient (Wildman–Crippen LogP) is 2.48. The second-order valence-electron chi connectivity index (χ2n) is 3.37. The van der Waals surface area contributed by atoms with Gasteiger partial charge in [0.05, 0.1) is 7.11 Å². The number of ether oxygens (including phenoxy) is 1. The van der Waals surface area contributed by atoms with Crippen molar-refractivity contribution in [1.82, 2.24) is 5.32 Å². The Morgan fingerprint density at radius 3 is 2.25 bits per heavy atom. The third-order valence-electron chi connectivity index (χ3n) is 2.52. The van der Waals surface area contributed by atoms with Crippen molar-refractivity contribution in [1.29, 1.82) is 0 Å². The minimum Gasteiger partial charge on any atom is -0.467 e. The lowest BCUT2D eigenvalue weighted by Gasteiger charge is -2.26. The van der Waals surface area contributed by atoms with Crippen molar-refractivity contribution in [3.63, 3.8) is 0 Å². The topological polar surface area (TPSA) is 38.3 Å². The third kappa shape index (κ3) is 2.97. The quantitative estimate of drug-likeness (QED) is 0.872. The lowest BCUT2D eigenvalue weighted by atomic mass is 9.92. The summed E-state index contributed by atoms with van der Waals surface area (Å²) in [5.41, 5.74) is 0.0789. The zero-order valence-corrected chi connectivity index (χ0v) is 11.8. The summed E-state index contributed by atoms with van der Waals surface area (Å²) in [6.45, 7) is 1.79. The highest BCUT2D eigenvalue weighted by molar-refractivity contribution is 9.10. The molecule has 90 valence electrons. The van der Waals surface area contributed by atoms with Crippen LogP contribution in [0.25, 0.3) is 0 Å². The van der Waals surface area contributed by atoms with Crippen molar-refractivity contribution in [3.8, 4) is 0 Å². The van der Waals surface area contributed by atoms with Crippen LogP contribution in [0.3, 0.4) is 0 Å². The average Bonchev–Trinajstić information content (AvgIpc) is 2.27. The highest BCUT2D eigenvalue weighted by atomic mass is 79.9. The summed E-state index contributed by atoms with van der Waals surface area (Å²) < 4.78 is 5.76. The molecule has 0 aliphatic rings. The van der Waals surface area contributed by atoms with E-state index < -0.39 is 5.54 Å². The molecule has 0 aromatic heterocycles. The van der Waals surface area contributed by atoms with Gasteiger partial charge in [0.25, 0.3) is 0 Å². The fourth-order valence-electron chi connectivity index (χ4n) is 1.35. The molecular weight excluding hydrogens is 293 g/mol. The first kappa shape index (κ1) is 15.4. The van der Waals surface area contributed by atoms with Gasteiger partial charge in [0.15, 0.2) is 0 Å². The predicted molar refractivity (Wildman–Crippen MR) is 69.8 cm³/mol. The zero-order chi connectivity index (χ0) is 11.5. The normalized spacial score (nSPS) is 13.5. The molecule has 0 spiro atoms. The van der Waals surface area contributed by atoms with E-state index in [0.717, 1.165) is 10.0 Å². The van der Waals surface area contributed by atoms with Gasteiger partial charge in [-0.05, 0) is 31.7 Å². The van der Waals surface area contributed by atoms with E-state index in [2.05, 4.69) is 21.2 Å². The Hall–Kier alpha value is -0.580. The van der Waals surface area contributed by atoms with E-state index in [9.17, 15) is 4.79 Å². The van der Waals surface area contributed by atoms with Crippen LogP contribution in [0.15, 0.2) is 28.7 Å². The van der Waals surface area contributed by atoms with Gasteiger partial charge in [-0.3, -0.25) is 0 Å². The van der Waals surface area contributed by atoms with Gasteiger partial charge in [0.1, 0.15) is 5.54 Å². The smallest absolute Gasteiger partial charge is 0.330 e. The summed E-state index contributed by atoms with van der Waals surface area (Å²) in [5, 5.41) is 2.98. The fourth-order valence-corrected chi connectivity index (χ4v) is 1.62. The lowest BCUT2D eigenvalue weighted by molar-refractivity contribution is -0.148. The SMILES string of the molecule is CNC(C)(C(=O)OC)c1ccc(Br)cc1.Cl. The van der Waals surface area contributed by atoms with Crippen LogP contribution in [-0.2, 0) is 15.1 Å². The number of halogens is 2. The van der Waals surface area contributed by atoms with Gasteiger partial charge >= 0.3 is 5.97 Å². The summed E-state index contributed by atoms with van der Waals surface area (Å²) in [4.78, 5) is 11.7. The van der Waals surface area contributed by atoms with Crippen LogP contribution < -0.4 is 5.32 Å². The molecule has 5 heteroatoms. The molecule has 1 rings (SSSR count). The van der Waals surface area contributed by atoms with Crippen LogP contribution in [0.1, 0.15) is 12.5 Å². The highest BCUT2D eigenvalue weighted by Crippen LogP contribution is 2.23. The Bertz CT molecular complexity index is 356. The zero-order valence-electron chi connectivity index (χ0n) is 9.41. The Labute approximate surface area is 110 Å². The number of benzene rings is 1. The number of carbonyl (C=O) groups is 1. The Morgan fingerprint density at radius 2 is 1.88 bits per heavy atom. The monoisotopic (exact) mass is 307 g/mol. The van der Waals surface area contributed by atoms with E-state index >= 15 is 0 Å². The van der Waals surface area contributed by atoms with Crippen LogP contribution in [0, 0.1) is 0 Å². The maximum atomic E-state index is 11.7. The third-order valence-corrected chi connectivity index (χ3v) is 3.04. The van der Waals surface area contributed by atoms with Crippen LogP contribution in [0.2, 0.25) is 0 Å². The van der Waals surface area contributed by atoms with E-state index in [1.54, 1.807) is 14.0 Å². The van der Waals surface area contributed by atoms with Crippen LogP contribution in [-0.4, -0.2) is 20.1 Å². The molecule has 1 aromatic carbocycles. The molecule has 16 heavy (non-hydrogen) atoms. The van der Waals surface area contributed by atoms with Crippen molar-refractivity contribution in [3.05, 3.63) is 34.3 Å². The second-order valence-corrected chi connectivity index (χ2v) is 4.29. The summed E-state index contributed by atoms with van der Waals surface area (Å²) in [5.74, 6) is -0.299. The Kier molecular flexibility index (Phi) is 6.00. The van der Waals surface area contributed by atoms with Gasteiger partial charge in [-0.25, -0.2) is 4.79 Å². The molecule has 0 saturated carbocycles. The number of hydrogen-bond acceptors (Lipinski definition) is 3. The molecule has 1 unspecified atom stereocenters. The first-order chi connectivity index (χ1) is 7.04. The van der Waals surface area contributed by atoms with Gasteiger partial charge in [0, 0.05) is 4.47 Å². The fraction of sp³-hybridized carbons (Fsp3) is 0.364. The first-order valence-electron chi connectivity index (χ1n) is 4.58. The van der Waals surface area contributed by atoms with Crippen LogP contribution >= 0.6 is 28.3 Å². The van der Waals surface area contributed by atoms with Crippen molar-refractivity contribution in [2.45, 2.75) is 12.5 Å². The number of hydrogen-bond donors (Lipinski definition) is 1. The van der Waals surface area contributed by atoms with E-state index in [4.69, 9.17) is 4.74 Å². The van der Waals surface area contributed by atoms with Crippen LogP contribution in [0.4, 0.5) is 0 Å². The minimum absolute atomic E-state index is 0. The molecular formula is C11H15BrClNO2. The van der Waals surface area contributed by atoms with Gasteiger partial charge in [-0.15, -0.1) is 12.4 Å². The largest absolute Gasteiger partial charge is 0.467 e. The molecule has 0 aliphatic carbocycles. The molecule has 0 amide bonds. The van der Waals surface area contributed by atoms with Gasteiger partial charge in [0.2, 0.25) is 0 Å². The summed E-state index contributed by atoms with van der Waals surface area (Å²) in [6.07, 6.45) is 0. The number of rotatable bonds is 3. The number of carbonyl (C=O) groups excluding carboxylic acids is 1. The number of likely N-dealkylation sites (N-methyl/N-ethyl adjacent to an activating group) is 1. The molecule has 1 atom stereocenters. The van der Waals surface area contributed by atoms with E-state index in [1.807, 2.05) is 24.3 Å². The molecule has 1 aromatic rings. The second kappa shape index (κ2) is 6.23. The van der Waals surface area contributed by atoms with E-state index in [1.165, 1.54) is 7.11 Å². The molecule has 0 saturated heterocycles. The average molecular weight is 309 g/mol. The Morgan fingerprint density at radius 1 is 1.38 bits per heavy atom. The molecule has 0 radical (unpaired) electrons. The van der Waals surface area contributed by atoms with Gasteiger partial charge < -0.3 is 10.1 Å². The molecule has 0 heterocycles. The molecule has 3 nitrogen and oxygen atoms in total. The molecule has 1 N–H and O–H groups in total. The van der Waals surface area contributed by atoms with E-state index in [0.29, 0.717) is 0 Å². The molecule has 0 fully saturated rings. The number of nitrogens with one attached hydrogen (secondary N) is 1. The number of methoxy groups -OCH3 is 1.